The standard InChI is InChI=1S/C26H26O5/c1-20(18-30-19-24(28)17-27)25(29)31-26(21-11-5-2-6-12-21,22-13-7-3-8-14-22)23-15-9-4-10-16-23/h2-16,18,24,27-28H,17,19H2,1H3. The average Bonchev–Trinajstić information content (AvgIpc) is 2.83. The molecule has 0 bridgehead atoms. The fourth-order valence-electron chi connectivity index (χ4n) is 3.30. The van der Waals surface area contributed by atoms with Gasteiger partial charge in [0.2, 0.25) is 0 Å². The van der Waals surface area contributed by atoms with Gasteiger partial charge in [-0.15, -0.1) is 0 Å². The van der Waals surface area contributed by atoms with E-state index in [2.05, 4.69) is 0 Å². The minimum Gasteiger partial charge on any atom is -0.498 e. The third-order valence-electron chi connectivity index (χ3n) is 4.87. The summed E-state index contributed by atoms with van der Waals surface area (Å²) in [5.41, 5.74) is 1.50. The lowest BCUT2D eigenvalue weighted by molar-refractivity contribution is -0.148. The maximum Gasteiger partial charge on any atom is 0.338 e. The fourth-order valence-corrected chi connectivity index (χ4v) is 3.30. The lowest BCUT2D eigenvalue weighted by atomic mass is 9.80. The maximum atomic E-state index is 13.1. The van der Waals surface area contributed by atoms with Gasteiger partial charge in [-0.2, -0.15) is 0 Å². The van der Waals surface area contributed by atoms with Gasteiger partial charge in [-0.05, 0) is 6.92 Å². The highest BCUT2D eigenvalue weighted by molar-refractivity contribution is 5.88. The van der Waals surface area contributed by atoms with E-state index in [0.29, 0.717) is 0 Å². The largest absolute Gasteiger partial charge is 0.498 e. The van der Waals surface area contributed by atoms with Crippen molar-refractivity contribution in [2.75, 3.05) is 13.2 Å². The summed E-state index contributed by atoms with van der Waals surface area (Å²) in [7, 11) is 0. The predicted molar refractivity (Wildman–Crippen MR) is 118 cm³/mol. The van der Waals surface area contributed by atoms with E-state index in [0.717, 1.165) is 16.7 Å². The molecule has 0 radical (unpaired) electrons. The molecule has 0 amide bonds. The van der Waals surface area contributed by atoms with Crippen molar-refractivity contribution in [3.8, 4) is 0 Å². The Morgan fingerprint density at radius 3 is 1.68 bits per heavy atom. The lowest BCUT2D eigenvalue weighted by Crippen LogP contribution is -2.35. The van der Waals surface area contributed by atoms with Gasteiger partial charge in [0.05, 0.1) is 18.4 Å². The van der Waals surface area contributed by atoms with Gasteiger partial charge < -0.3 is 19.7 Å². The van der Waals surface area contributed by atoms with Gasteiger partial charge in [-0.3, -0.25) is 0 Å². The van der Waals surface area contributed by atoms with Crippen LogP contribution in [0.1, 0.15) is 23.6 Å². The van der Waals surface area contributed by atoms with Crippen LogP contribution in [-0.2, 0) is 19.9 Å². The average molecular weight is 418 g/mol. The van der Waals surface area contributed by atoms with E-state index in [9.17, 15) is 9.90 Å². The summed E-state index contributed by atoms with van der Waals surface area (Å²) in [6, 6.07) is 28.8. The molecule has 0 heterocycles. The van der Waals surface area contributed by atoms with Crippen LogP contribution in [-0.4, -0.2) is 35.5 Å². The molecule has 0 aromatic heterocycles. The van der Waals surface area contributed by atoms with Crippen molar-refractivity contribution in [3.05, 3.63) is 120 Å². The van der Waals surface area contributed by atoms with E-state index in [4.69, 9.17) is 14.6 Å². The van der Waals surface area contributed by atoms with Gasteiger partial charge in [0.15, 0.2) is 5.60 Å². The van der Waals surface area contributed by atoms with Crippen LogP contribution in [0, 0.1) is 0 Å². The molecule has 1 unspecified atom stereocenters. The Balaban J connectivity index is 2.06. The second kappa shape index (κ2) is 10.6. The Labute approximate surface area is 182 Å². The highest BCUT2D eigenvalue weighted by Crippen LogP contribution is 2.40. The number of esters is 1. The molecule has 0 aliphatic rings. The molecule has 2 N–H and O–H groups in total. The second-order valence-corrected chi connectivity index (χ2v) is 7.14. The zero-order valence-corrected chi connectivity index (χ0v) is 17.3. The smallest absolute Gasteiger partial charge is 0.338 e. The fraction of sp³-hybridized carbons (Fsp3) is 0.192. The Bertz CT molecular complexity index is 887. The molecule has 3 aromatic rings. The molecule has 0 spiro atoms. The first-order valence-electron chi connectivity index (χ1n) is 10.0. The number of hydrogen-bond donors (Lipinski definition) is 2. The quantitative estimate of drug-likeness (QED) is 0.239. The number of carbonyl (C=O) groups excluding carboxylic acids is 1. The van der Waals surface area contributed by atoms with Gasteiger partial charge >= 0.3 is 5.97 Å². The van der Waals surface area contributed by atoms with Crippen molar-refractivity contribution in [2.45, 2.75) is 18.6 Å². The molecule has 160 valence electrons. The van der Waals surface area contributed by atoms with Crippen LogP contribution in [0.25, 0.3) is 0 Å². The molecule has 1 atom stereocenters. The predicted octanol–water partition coefficient (Wildman–Crippen LogP) is 3.80. The number of carbonyl (C=O) groups is 1. The molecule has 0 fully saturated rings. The van der Waals surface area contributed by atoms with Crippen LogP contribution in [0.4, 0.5) is 0 Å². The first-order chi connectivity index (χ1) is 15.1. The molecular weight excluding hydrogens is 392 g/mol. The Morgan fingerprint density at radius 2 is 1.29 bits per heavy atom. The number of aliphatic hydroxyl groups is 2. The normalized spacial score (nSPS) is 12.8. The highest BCUT2D eigenvalue weighted by Gasteiger charge is 2.40. The third kappa shape index (κ3) is 5.20. The van der Waals surface area contributed by atoms with E-state index < -0.39 is 24.3 Å². The Morgan fingerprint density at radius 1 is 0.871 bits per heavy atom. The summed E-state index contributed by atoms with van der Waals surface area (Å²) >= 11 is 0. The number of ether oxygens (including phenoxy) is 2. The number of hydrogen-bond acceptors (Lipinski definition) is 5. The summed E-state index contributed by atoms with van der Waals surface area (Å²) < 4.78 is 11.5. The number of benzene rings is 3. The van der Waals surface area contributed by atoms with E-state index in [1.165, 1.54) is 6.26 Å². The number of rotatable bonds is 9. The molecule has 3 aromatic carbocycles. The summed E-state index contributed by atoms with van der Waals surface area (Å²) in [4.78, 5) is 13.1. The molecule has 0 saturated heterocycles. The zero-order chi connectivity index (χ0) is 22.1. The van der Waals surface area contributed by atoms with Crippen LogP contribution in [0.15, 0.2) is 103 Å². The van der Waals surface area contributed by atoms with Crippen molar-refractivity contribution < 1.29 is 24.5 Å². The second-order valence-electron chi connectivity index (χ2n) is 7.14. The Kier molecular flexibility index (Phi) is 7.60. The van der Waals surface area contributed by atoms with Gasteiger partial charge in [0.1, 0.15) is 12.7 Å². The number of aliphatic hydroxyl groups excluding tert-OH is 2. The molecular formula is C26H26O5. The molecule has 31 heavy (non-hydrogen) atoms. The molecule has 5 nitrogen and oxygen atoms in total. The maximum absolute atomic E-state index is 13.1. The van der Waals surface area contributed by atoms with Crippen LogP contribution in [0.2, 0.25) is 0 Å². The van der Waals surface area contributed by atoms with E-state index >= 15 is 0 Å². The van der Waals surface area contributed by atoms with E-state index in [-0.39, 0.29) is 12.2 Å². The molecule has 0 aliphatic carbocycles. The van der Waals surface area contributed by atoms with Crippen molar-refractivity contribution in [1.82, 2.24) is 0 Å². The van der Waals surface area contributed by atoms with Crippen molar-refractivity contribution in [1.29, 1.82) is 0 Å². The molecule has 0 aliphatic heterocycles. The van der Waals surface area contributed by atoms with Gasteiger partial charge in [-0.1, -0.05) is 91.0 Å². The monoisotopic (exact) mass is 418 g/mol. The Hall–Kier alpha value is -3.41. The van der Waals surface area contributed by atoms with Crippen LogP contribution in [0.5, 0.6) is 0 Å². The van der Waals surface area contributed by atoms with Crippen molar-refractivity contribution in [2.24, 2.45) is 0 Å². The summed E-state index contributed by atoms with van der Waals surface area (Å²) in [6.07, 6.45) is 0.226. The summed E-state index contributed by atoms with van der Waals surface area (Å²) in [6.45, 7) is 1.04. The van der Waals surface area contributed by atoms with Gasteiger partial charge in [0, 0.05) is 16.7 Å². The SMILES string of the molecule is CC(=COCC(O)CO)C(=O)OC(c1ccccc1)(c1ccccc1)c1ccccc1. The minimum absolute atomic E-state index is 0.123. The first kappa shape index (κ1) is 22.3. The topological polar surface area (TPSA) is 76.0 Å². The highest BCUT2D eigenvalue weighted by atomic mass is 16.6. The van der Waals surface area contributed by atoms with Gasteiger partial charge in [0.25, 0.3) is 0 Å². The molecule has 3 rings (SSSR count). The van der Waals surface area contributed by atoms with Crippen molar-refractivity contribution in [3.63, 3.8) is 0 Å². The zero-order valence-electron chi connectivity index (χ0n) is 17.3. The van der Waals surface area contributed by atoms with E-state index in [1.54, 1.807) is 6.92 Å². The minimum atomic E-state index is -1.17. The first-order valence-corrected chi connectivity index (χ1v) is 10.0. The summed E-state index contributed by atoms with van der Waals surface area (Å²) in [5, 5.41) is 18.3. The third-order valence-corrected chi connectivity index (χ3v) is 4.87. The van der Waals surface area contributed by atoms with Crippen molar-refractivity contribution >= 4 is 5.97 Å². The van der Waals surface area contributed by atoms with Crippen LogP contribution in [0.3, 0.4) is 0 Å². The summed E-state index contributed by atoms with van der Waals surface area (Å²) in [5.74, 6) is -0.560. The molecule has 0 saturated carbocycles. The van der Waals surface area contributed by atoms with Crippen LogP contribution < -0.4 is 0 Å². The molecule has 5 heteroatoms. The lowest BCUT2D eigenvalue weighted by Gasteiger charge is -2.35. The van der Waals surface area contributed by atoms with Gasteiger partial charge in [-0.25, -0.2) is 4.79 Å². The van der Waals surface area contributed by atoms with E-state index in [1.807, 2.05) is 91.0 Å². The van der Waals surface area contributed by atoms with Crippen LogP contribution >= 0.6 is 0 Å².